The van der Waals surface area contributed by atoms with Gasteiger partial charge in [-0.3, -0.25) is 4.79 Å². The molecule has 0 aliphatic rings. The number of hydrogen-bond donors (Lipinski definition) is 2. The number of alkyl halides is 3. The summed E-state index contributed by atoms with van der Waals surface area (Å²) in [4.78, 5) is 11.2. The van der Waals surface area contributed by atoms with Crippen LogP contribution in [-0.4, -0.2) is 18.2 Å². The standard InChI is InChI=1S/C10H9BrF3NO3/c1-18-9(17)7(15)6-4(10(12,13)14)2-3-5(11)8(6)16/h2-3,7,16H,15H2,1H3/t7-/m1/s1. The fraction of sp³-hybridized carbons (Fsp3) is 0.300. The van der Waals surface area contributed by atoms with Crippen LogP contribution in [0, 0.1) is 0 Å². The maximum atomic E-state index is 12.8. The lowest BCUT2D eigenvalue weighted by Crippen LogP contribution is -2.26. The summed E-state index contributed by atoms with van der Waals surface area (Å²) in [6.45, 7) is 0. The van der Waals surface area contributed by atoms with Crippen LogP contribution in [0.3, 0.4) is 0 Å². The topological polar surface area (TPSA) is 72.5 Å². The van der Waals surface area contributed by atoms with Gasteiger partial charge in [0.2, 0.25) is 0 Å². The highest BCUT2D eigenvalue weighted by Gasteiger charge is 2.38. The van der Waals surface area contributed by atoms with Crippen molar-refractivity contribution in [3.8, 4) is 5.75 Å². The van der Waals surface area contributed by atoms with Gasteiger partial charge in [0, 0.05) is 5.56 Å². The molecular formula is C10H9BrF3NO3. The molecule has 0 amide bonds. The number of nitrogens with two attached hydrogens (primary N) is 1. The Hall–Kier alpha value is -1.28. The van der Waals surface area contributed by atoms with Crippen molar-refractivity contribution in [2.45, 2.75) is 12.2 Å². The summed E-state index contributed by atoms with van der Waals surface area (Å²) in [5, 5.41) is 9.62. The largest absolute Gasteiger partial charge is 0.506 e. The molecule has 1 aromatic rings. The fourth-order valence-electron chi connectivity index (χ4n) is 1.39. The van der Waals surface area contributed by atoms with Crippen LogP contribution < -0.4 is 5.73 Å². The predicted molar refractivity (Wildman–Crippen MR) is 59.8 cm³/mol. The van der Waals surface area contributed by atoms with Crippen molar-refractivity contribution in [1.29, 1.82) is 0 Å². The molecule has 0 spiro atoms. The zero-order valence-corrected chi connectivity index (χ0v) is 10.7. The van der Waals surface area contributed by atoms with Gasteiger partial charge in [-0.1, -0.05) is 0 Å². The minimum absolute atomic E-state index is 0.00449. The lowest BCUT2D eigenvalue weighted by Gasteiger charge is -2.18. The number of carbonyl (C=O) groups excluding carboxylic acids is 1. The third-order valence-electron chi connectivity index (χ3n) is 2.24. The van der Waals surface area contributed by atoms with E-state index in [1.807, 2.05) is 0 Å². The number of methoxy groups -OCH3 is 1. The van der Waals surface area contributed by atoms with Crippen LogP contribution in [0.1, 0.15) is 17.2 Å². The minimum atomic E-state index is -4.74. The van der Waals surface area contributed by atoms with Crippen molar-refractivity contribution in [3.05, 3.63) is 27.7 Å². The van der Waals surface area contributed by atoms with Crippen molar-refractivity contribution in [2.24, 2.45) is 5.73 Å². The second kappa shape index (κ2) is 5.15. The number of ether oxygens (including phenoxy) is 1. The van der Waals surface area contributed by atoms with Gasteiger partial charge >= 0.3 is 12.1 Å². The van der Waals surface area contributed by atoms with Crippen LogP contribution in [-0.2, 0) is 15.7 Å². The van der Waals surface area contributed by atoms with Gasteiger partial charge in [0.15, 0.2) is 0 Å². The number of rotatable bonds is 2. The summed E-state index contributed by atoms with van der Waals surface area (Å²) in [5.41, 5.74) is 3.46. The summed E-state index contributed by atoms with van der Waals surface area (Å²) in [5.74, 6) is -1.81. The van der Waals surface area contributed by atoms with Crippen molar-refractivity contribution in [3.63, 3.8) is 0 Å². The van der Waals surface area contributed by atoms with E-state index in [1.165, 1.54) is 0 Å². The average Bonchev–Trinajstić information content (AvgIpc) is 2.29. The summed E-state index contributed by atoms with van der Waals surface area (Å²) >= 11 is 2.86. The Balaban J connectivity index is 3.48. The van der Waals surface area contributed by atoms with E-state index < -0.39 is 35.1 Å². The zero-order chi connectivity index (χ0) is 14.1. The Kier molecular flexibility index (Phi) is 4.23. The Morgan fingerprint density at radius 3 is 2.50 bits per heavy atom. The Labute approximate surface area is 109 Å². The Morgan fingerprint density at radius 1 is 1.50 bits per heavy atom. The summed E-state index contributed by atoms with van der Waals surface area (Å²) < 4.78 is 42.5. The molecule has 0 heterocycles. The molecule has 0 radical (unpaired) electrons. The maximum Gasteiger partial charge on any atom is 0.416 e. The molecule has 0 fully saturated rings. The second-order valence-corrected chi connectivity index (χ2v) is 4.21. The second-order valence-electron chi connectivity index (χ2n) is 3.36. The lowest BCUT2D eigenvalue weighted by molar-refractivity contribution is -0.144. The van der Waals surface area contributed by atoms with Crippen molar-refractivity contribution in [2.75, 3.05) is 7.11 Å². The monoisotopic (exact) mass is 327 g/mol. The lowest BCUT2D eigenvalue weighted by atomic mass is 9.99. The molecule has 0 aliphatic carbocycles. The van der Waals surface area contributed by atoms with Gasteiger partial charge in [-0.15, -0.1) is 0 Å². The first kappa shape index (κ1) is 14.8. The minimum Gasteiger partial charge on any atom is -0.506 e. The van der Waals surface area contributed by atoms with Crippen LogP contribution in [0.5, 0.6) is 5.75 Å². The van der Waals surface area contributed by atoms with Gasteiger partial charge in [-0.05, 0) is 28.1 Å². The van der Waals surface area contributed by atoms with E-state index in [4.69, 9.17) is 5.73 Å². The summed E-state index contributed by atoms with van der Waals surface area (Å²) in [6, 6.07) is 0.0252. The van der Waals surface area contributed by atoms with E-state index in [-0.39, 0.29) is 4.47 Å². The van der Waals surface area contributed by atoms with E-state index in [9.17, 15) is 23.1 Å². The SMILES string of the molecule is COC(=O)[C@H](N)c1c(C(F)(F)F)ccc(Br)c1O. The quantitative estimate of drug-likeness (QED) is 0.818. The van der Waals surface area contributed by atoms with Gasteiger partial charge < -0.3 is 15.6 Å². The fourth-order valence-corrected chi connectivity index (χ4v) is 1.73. The van der Waals surface area contributed by atoms with Crippen LogP contribution >= 0.6 is 15.9 Å². The molecule has 0 saturated carbocycles. The van der Waals surface area contributed by atoms with E-state index in [0.717, 1.165) is 19.2 Å². The average molecular weight is 328 g/mol. The van der Waals surface area contributed by atoms with E-state index in [1.54, 1.807) is 0 Å². The Bertz CT molecular complexity index is 476. The molecule has 4 nitrogen and oxygen atoms in total. The van der Waals surface area contributed by atoms with Crippen LogP contribution in [0.4, 0.5) is 13.2 Å². The summed E-state index contributed by atoms with van der Waals surface area (Å²) in [7, 11) is 0.991. The van der Waals surface area contributed by atoms with Gasteiger partial charge in [0.25, 0.3) is 0 Å². The number of carbonyl (C=O) groups is 1. The number of hydrogen-bond acceptors (Lipinski definition) is 4. The highest BCUT2D eigenvalue weighted by Crippen LogP contribution is 2.41. The third kappa shape index (κ3) is 2.75. The molecule has 0 bridgehead atoms. The number of aromatic hydroxyl groups is 1. The van der Waals surface area contributed by atoms with Gasteiger partial charge in [-0.2, -0.15) is 13.2 Å². The molecule has 18 heavy (non-hydrogen) atoms. The number of phenols is 1. The maximum absolute atomic E-state index is 12.8. The van der Waals surface area contributed by atoms with Gasteiger partial charge in [0.1, 0.15) is 11.8 Å². The van der Waals surface area contributed by atoms with Crippen molar-refractivity contribution >= 4 is 21.9 Å². The first-order chi connectivity index (χ1) is 8.20. The molecule has 0 aliphatic heterocycles. The molecular weight excluding hydrogens is 319 g/mol. The molecule has 1 atom stereocenters. The van der Waals surface area contributed by atoms with Gasteiger partial charge in [0.05, 0.1) is 17.1 Å². The molecule has 0 aromatic heterocycles. The summed E-state index contributed by atoms with van der Waals surface area (Å²) in [6.07, 6.45) is -4.74. The molecule has 1 rings (SSSR count). The molecule has 100 valence electrons. The number of phenolic OH excluding ortho intramolecular Hbond substituents is 1. The molecule has 0 saturated heterocycles. The smallest absolute Gasteiger partial charge is 0.416 e. The number of halogens is 4. The number of benzene rings is 1. The molecule has 1 aromatic carbocycles. The zero-order valence-electron chi connectivity index (χ0n) is 9.08. The van der Waals surface area contributed by atoms with E-state index in [0.29, 0.717) is 0 Å². The van der Waals surface area contributed by atoms with Crippen molar-refractivity contribution in [1.82, 2.24) is 0 Å². The highest BCUT2D eigenvalue weighted by molar-refractivity contribution is 9.10. The predicted octanol–water partition coefficient (Wildman–Crippen LogP) is 2.35. The van der Waals surface area contributed by atoms with Crippen LogP contribution in [0.25, 0.3) is 0 Å². The third-order valence-corrected chi connectivity index (χ3v) is 2.88. The molecule has 8 heteroatoms. The van der Waals surface area contributed by atoms with E-state index in [2.05, 4.69) is 20.7 Å². The first-order valence-corrected chi connectivity index (χ1v) is 5.41. The first-order valence-electron chi connectivity index (χ1n) is 4.62. The molecule has 3 N–H and O–H groups in total. The Morgan fingerprint density at radius 2 is 2.06 bits per heavy atom. The molecule has 0 unspecified atom stereocenters. The highest BCUT2D eigenvalue weighted by atomic mass is 79.9. The van der Waals surface area contributed by atoms with E-state index >= 15 is 0 Å². The van der Waals surface area contributed by atoms with Gasteiger partial charge in [-0.25, -0.2) is 0 Å². The normalized spacial score (nSPS) is 13.2. The van der Waals surface area contributed by atoms with Crippen LogP contribution in [0.15, 0.2) is 16.6 Å². The number of esters is 1. The van der Waals surface area contributed by atoms with Crippen molar-refractivity contribution < 1.29 is 27.8 Å². The van der Waals surface area contributed by atoms with Crippen LogP contribution in [0.2, 0.25) is 0 Å².